The number of nitrogens with one attached hydrogen (secondary N) is 2. The van der Waals surface area contributed by atoms with Crippen LogP contribution in [0.4, 0.5) is 30.6 Å². The Morgan fingerprint density at radius 3 is 2.24 bits per heavy atom. The summed E-state index contributed by atoms with van der Waals surface area (Å²) in [7, 11) is 0. The van der Waals surface area contributed by atoms with Crippen LogP contribution < -0.4 is 10.6 Å². The third-order valence-electron chi connectivity index (χ3n) is 5.37. The molecule has 5 rings (SSSR count). The molecule has 6 nitrogen and oxygen atoms in total. The Balaban J connectivity index is 1.49. The van der Waals surface area contributed by atoms with Crippen molar-refractivity contribution in [2.45, 2.75) is 19.1 Å². The van der Waals surface area contributed by atoms with Gasteiger partial charge in [0.1, 0.15) is 10.5 Å². The van der Waals surface area contributed by atoms with Crippen molar-refractivity contribution < 1.29 is 13.2 Å². The van der Waals surface area contributed by atoms with E-state index in [0.717, 1.165) is 23.3 Å². The monoisotopic (exact) mass is 560 g/mol. The summed E-state index contributed by atoms with van der Waals surface area (Å²) in [5.74, 6) is 0.694. The Kier molecular flexibility index (Phi) is 7.14. The lowest BCUT2D eigenvalue weighted by atomic mass is 10.1. The Morgan fingerprint density at radius 2 is 1.57 bits per heavy atom. The van der Waals surface area contributed by atoms with Crippen LogP contribution in [0.25, 0.3) is 10.3 Å². The predicted molar refractivity (Wildman–Crippen MR) is 141 cm³/mol. The van der Waals surface area contributed by atoms with Crippen molar-refractivity contribution in [3.8, 4) is 0 Å². The average Bonchev–Trinajstić information content (AvgIpc) is 3.28. The van der Waals surface area contributed by atoms with Gasteiger partial charge < -0.3 is 10.6 Å². The van der Waals surface area contributed by atoms with Crippen LogP contribution in [0.2, 0.25) is 10.0 Å². The van der Waals surface area contributed by atoms with Gasteiger partial charge in [0.15, 0.2) is 10.6 Å². The zero-order valence-electron chi connectivity index (χ0n) is 18.9. The van der Waals surface area contributed by atoms with E-state index in [1.807, 2.05) is 12.1 Å². The molecule has 12 heteroatoms. The Hall–Kier alpha value is -3.47. The van der Waals surface area contributed by atoms with Crippen LogP contribution >= 0.6 is 34.5 Å². The molecule has 0 unspecified atom stereocenters. The molecule has 3 heterocycles. The number of aromatic nitrogens is 4. The van der Waals surface area contributed by atoms with Gasteiger partial charge in [-0.3, -0.25) is 4.98 Å². The molecule has 0 bridgehead atoms. The second-order valence-electron chi connectivity index (χ2n) is 7.94. The number of benzene rings is 2. The maximum atomic E-state index is 13.0. The van der Waals surface area contributed by atoms with E-state index in [9.17, 15) is 13.2 Å². The van der Waals surface area contributed by atoms with Gasteiger partial charge in [-0.2, -0.15) is 18.2 Å². The topological polar surface area (TPSA) is 75.6 Å². The molecule has 3 aromatic heterocycles. The van der Waals surface area contributed by atoms with E-state index in [4.69, 9.17) is 28.2 Å². The number of anilines is 3. The first-order valence-electron chi connectivity index (χ1n) is 10.9. The molecule has 5 aromatic rings. The highest BCUT2D eigenvalue weighted by atomic mass is 35.5. The summed E-state index contributed by atoms with van der Waals surface area (Å²) in [6, 6.07) is 13.7. The first kappa shape index (κ1) is 25.2. The number of fused-ring (bicyclic) bond motifs is 1. The lowest BCUT2D eigenvalue weighted by Gasteiger charge is -2.11. The van der Waals surface area contributed by atoms with Crippen LogP contribution in [-0.4, -0.2) is 19.9 Å². The second kappa shape index (κ2) is 10.5. The molecule has 0 aliphatic rings. The van der Waals surface area contributed by atoms with Crippen LogP contribution in [0.5, 0.6) is 0 Å². The predicted octanol–water partition coefficient (Wildman–Crippen LogP) is 7.75. The van der Waals surface area contributed by atoms with Crippen LogP contribution in [0.3, 0.4) is 0 Å². The van der Waals surface area contributed by atoms with Gasteiger partial charge in [-0.05, 0) is 59.7 Å². The maximum absolute atomic E-state index is 13.0. The molecule has 0 aliphatic carbocycles. The molecule has 0 radical (unpaired) electrons. The Bertz CT molecular complexity index is 1520. The molecule has 2 N–H and O–H groups in total. The van der Waals surface area contributed by atoms with Crippen LogP contribution in [0, 0.1) is 0 Å². The van der Waals surface area contributed by atoms with Gasteiger partial charge in [0.05, 0.1) is 5.56 Å². The first-order chi connectivity index (χ1) is 17.8. The fourth-order valence-corrected chi connectivity index (χ4v) is 5.00. The molecule has 2 aromatic carbocycles. The molecule has 0 saturated heterocycles. The summed E-state index contributed by atoms with van der Waals surface area (Å²) in [6.45, 7) is 0.453. The SMILES string of the molecule is FC(F)(F)c1ccc(Nc2nc(NCc3ccncc3)nc3sc(Cc4c(Cl)cccc4Cl)nc23)cc1. The summed E-state index contributed by atoms with van der Waals surface area (Å²) in [5.41, 5.74) is 1.90. The molecular weight excluding hydrogens is 544 g/mol. The van der Waals surface area contributed by atoms with E-state index >= 15 is 0 Å². The van der Waals surface area contributed by atoms with Crippen LogP contribution in [-0.2, 0) is 19.1 Å². The normalized spacial score (nSPS) is 11.6. The van der Waals surface area contributed by atoms with Gasteiger partial charge in [0.25, 0.3) is 0 Å². The number of hydrogen-bond donors (Lipinski definition) is 2. The summed E-state index contributed by atoms with van der Waals surface area (Å²) in [5, 5.41) is 8.04. The van der Waals surface area contributed by atoms with E-state index in [1.54, 1.807) is 30.6 Å². The zero-order chi connectivity index (χ0) is 26.0. The van der Waals surface area contributed by atoms with E-state index in [1.165, 1.54) is 23.5 Å². The van der Waals surface area contributed by atoms with Crippen molar-refractivity contribution in [1.29, 1.82) is 0 Å². The summed E-state index contributed by atoms with van der Waals surface area (Å²) >= 11 is 14.0. The van der Waals surface area contributed by atoms with Crippen LogP contribution in [0.1, 0.15) is 21.7 Å². The van der Waals surface area contributed by atoms with Gasteiger partial charge in [-0.1, -0.05) is 40.6 Å². The molecule has 0 aliphatic heterocycles. The fourth-order valence-electron chi connectivity index (χ4n) is 3.52. The highest BCUT2D eigenvalue weighted by molar-refractivity contribution is 7.18. The Morgan fingerprint density at radius 1 is 0.865 bits per heavy atom. The van der Waals surface area contributed by atoms with Crippen molar-refractivity contribution in [2.75, 3.05) is 10.6 Å². The van der Waals surface area contributed by atoms with Crippen molar-refractivity contribution in [2.24, 2.45) is 0 Å². The quantitative estimate of drug-likeness (QED) is 0.212. The van der Waals surface area contributed by atoms with Crippen LogP contribution in [0.15, 0.2) is 67.0 Å². The fraction of sp³-hybridized carbons (Fsp3) is 0.120. The van der Waals surface area contributed by atoms with Crippen molar-refractivity contribution >= 4 is 62.3 Å². The minimum absolute atomic E-state index is 0.338. The summed E-state index contributed by atoms with van der Waals surface area (Å²) < 4.78 is 39.0. The van der Waals surface area contributed by atoms with Crippen molar-refractivity contribution in [3.05, 3.63) is 98.7 Å². The highest BCUT2D eigenvalue weighted by Crippen LogP contribution is 2.34. The molecule has 0 amide bonds. The van der Waals surface area contributed by atoms with E-state index in [2.05, 4.69) is 25.6 Å². The Labute approximate surface area is 223 Å². The molecular formula is C25H17Cl2F3N6S. The van der Waals surface area contributed by atoms with E-state index in [0.29, 0.717) is 55.8 Å². The number of alkyl halides is 3. The van der Waals surface area contributed by atoms with Gasteiger partial charge in [0.2, 0.25) is 5.95 Å². The second-order valence-corrected chi connectivity index (χ2v) is 9.82. The molecule has 0 fully saturated rings. The third kappa shape index (κ3) is 5.93. The lowest BCUT2D eigenvalue weighted by Crippen LogP contribution is -2.06. The standard InChI is InChI=1S/C25H17Cl2F3N6S/c26-18-2-1-3-19(27)17(18)12-20-34-21-22(33-16-6-4-15(5-7-16)25(28,29)30)35-24(36-23(21)37-20)32-13-14-8-10-31-11-9-14/h1-11H,12-13H2,(H2,32,33,35,36). The highest BCUT2D eigenvalue weighted by Gasteiger charge is 2.30. The molecule has 37 heavy (non-hydrogen) atoms. The number of halogens is 5. The van der Waals surface area contributed by atoms with Gasteiger partial charge in [-0.25, -0.2) is 9.97 Å². The summed E-state index contributed by atoms with van der Waals surface area (Å²) in [6.07, 6.45) is -0.657. The van der Waals surface area contributed by atoms with Crippen molar-refractivity contribution in [3.63, 3.8) is 0 Å². The zero-order valence-corrected chi connectivity index (χ0v) is 21.2. The van der Waals surface area contributed by atoms with Crippen molar-refractivity contribution in [1.82, 2.24) is 19.9 Å². The molecule has 0 saturated carbocycles. The largest absolute Gasteiger partial charge is 0.416 e. The maximum Gasteiger partial charge on any atom is 0.416 e. The van der Waals surface area contributed by atoms with Gasteiger partial charge in [0, 0.05) is 41.1 Å². The number of thiazole rings is 1. The molecule has 188 valence electrons. The molecule has 0 spiro atoms. The third-order valence-corrected chi connectivity index (χ3v) is 7.03. The average molecular weight is 561 g/mol. The number of pyridine rings is 1. The minimum Gasteiger partial charge on any atom is -0.350 e. The first-order valence-corrected chi connectivity index (χ1v) is 12.5. The minimum atomic E-state index is -4.42. The summed E-state index contributed by atoms with van der Waals surface area (Å²) in [4.78, 5) is 18.5. The smallest absolute Gasteiger partial charge is 0.350 e. The number of hydrogen-bond acceptors (Lipinski definition) is 7. The van der Waals surface area contributed by atoms with E-state index in [-0.39, 0.29) is 0 Å². The lowest BCUT2D eigenvalue weighted by molar-refractivity contribution is -0.137. The number of nitrogens with zero attached hydrogens (tertiary/aromatic N) is 4. The number of rotatable bonds is 7. The van der Waals surface area contributed by atoms with Gasteiger partial charge in [-0.15, -0.1) is 0 Å². The van der Waals surface area contributed by atoms with Gasteiger partial charge >= 0.3 is 6.18 Å². The van der Waals surface area contributed by atoms with E-state index < -0.39 is 11.7 Å². The molecule has 0 atom stereocenters.